The van der Waals surface area contributed by atoms with Crippen molar-refractivity contribution in [2.45, 2.75) is 59.1 Å². The summed E-state index contributed by atoms with van der Waals surface area (Å²) >= 11 is 0. The predicted octanol–water partition coefficient (Wildman–Crippen LogP) is 1.88. The van der Waals surface area contributed by atoms with Gasteiger partial charge in [-0.2, -0.15) is 5.10 Å². The summed E-state index contributed by atoms with van der Waals surface area (Å²) in [6.45, 7) is 8.49. The average molecular weight is 340 g/mol. The number of carbonyl (C=O) groups is 2. The Morgan fingerprint density at radius 2 is 2.00 bits per heavy atom. The Labute approximate surface area is 140 Å². The third-order valence-electron chi connectivity index (χ3n) is 3.16. The van der Waals surface area contributed by atoms with Crippen molar-refractivity contribution in [1.29, 1.82) is 0 Å². The first kappa shape index (κ1) is 19.6. The first-order chi connectivity index (χ1) is 11.0. The molecule has 1 aromatic rings. The van der Waals surface area contributed by atoms with Crippen LogP contribution in [0.5, 0.6) is 0 Å². The maximum absolute atomic E-state index is 12.5. The average Bonchev–Trinajstić information content (AvgIpc) is 2.71. The minimum absolute atomic E-state index is 0.136. The third kappa shape index (κ3) is 4.77. The van der Waals surface area contributed by atoms with Gasteiger partial charge in [0.25, 0.3) is 5.91 Å². The van der Waals surface area contributed by atoms with Gasteiger partial charge in [-0.3, -0.25) is 19.6 Å². The van der Waals surface area contributed by atoms with Gasteiger partial charge in [0, 0.05) is 7.05 Å². The molecule has 1 rings (SSSR count). The molecule has 0 fully saturated rings. The Bertz CT molecular complexity index is 645. The molecule has 1 aromatic heterocycles. The molecule has 0 bridgehead atoms. The van der Waals surface area contributed by atoms with Crippen LogP contribution in [-0.4, -0.2) is 38.2 Å². The summed E-state index contributed by atoms with van der Waals surface area (Å²) in [6, 6.07) is -0.878. The Morgan fingerprint density at radius 1 is 1.42 bits per heavy atom. The van der Waals surface area contributed by atoms with E-state index in [1.165, 1.54) is 14.0 Å². The van der Waals surface area contributed by atoms with E-state index < -0.39 is 28.4 Å². The molecule has 0 saturated heterocycles. The fraction of sp³-hybridized carbons (Fsp3) is 0.667. The molecule has 0 spiro atoms. The Kier molecular flexibility index (Phi) is 6.05. The highest BCUT2D eigenvalue weighted by Gasteiger charge is 2.33. The number of amides is 1. The van der Waals surface area contributed by atoms with Gasteiger partial charge in [-0.25, -0.2) is 4.79 Å². The molecule has 0 aliphatic rings. The molecule has 0 aromatic carbocycles. The van der Waals surface area contributed by atoms with Crippen LogP contribution >= 0.6 is 0 Å². The zero-order valence-corrected chi connectivity index (χ0v) is 14.9. The van der Waals surface area contributed by atoms with Gasteiger partial charge in [0.05, 0.1) is 4.92 Å². The van der Waals surface area contributed by atoms with Crippen molar-refractivity contribution in [3.8, 4) is 0 Å². The van der Waals surface area contributed by atoms with Crippen molar-refractivity contribution in [2.75, 3.05) is 0 Å². The molecule has 0 radical (unpaired) electrons. The fourth-order valence-electron chi connectivity index (χ4n) is 2.26. The Hall–Kier alpha value is -2.45. The molecule has 134 valence electrons. The number of rotatable bonds is 6. The van der Waals surface area contributed by atoms with Crippen molar-refractivity contribution in [2.24, 2.45) is 7.05 Å². The fourth-order valence-corrected chi connectivity index (χ4v) is 2.26. The smallest absolute Gasteiger partial charge is 0.329 e. The van der Waals surface area contributed by atoms with Gasteiger partial charge in [-0.1, -0.05) is 13.3 Å². The number of aromatic nitrogens is 2. The van der Waals surface area contributed by atoms with Gasteiger partial charge < -0.3 is 10.1 Å². The summed E-state index contributed by atoms with van der Waals surface area (Å²) in [5.41, 5.74) is -1.11. The molecular formula is C15H24N4O5. The number of nitrogens with zero attached hydrogens (tertiary/aromatic N) is 3. The minimum atomic E-state index is -0.878. The number of esters is 1. The Morgan fingerprint density at radius 3 is 2.46 bits per heavy atom. The summed E-state index contributed by atoms with van der Waals surface area (Å²) in [7, 11) is 1.44. The van der Waals surface area contributed by atoms with Crippen LogP contribution in [0, 0.1) is 17.0 Å². The van der Waals surface area contributed by atoms with E-state index in [0.29, 0.717) is 12.8 Å². The van der Waals surface area contributed by atoms with E-state index in [9.17, 15) is 19.7 Å². The monoisotopic (exact) mass is 340 g/mol. The first-order valence-electron chi connectivity index (χ1n) is 7.69. The number of nitrogens with one attached hydrogen (secondary N) is 1. The molecular weight excluding hydrogens is 316 g/mol. The van der Waals surface area contributed by atoms with Crippen molar-refractivity contribution in [1.82, 2.24) is 15.1 Å². The second-order valence-corrected chi connectivity index (χ2v) is 6.51. The van der Waals surface area contributed by atoms with E-state index in [2.05, 4.69) is 10.4 Å². The van der Waals surface area contributed by atoms with Crippen LogP contribution in [0.25, 0.3) is 0 Å². The van der Waals surface area contributed by atoms with Gasteiger partial charge in [0.1, 0.15) is 17.3 Å². The Balaban J connectivity index is 3.06. The summed E-state index contributed by atoms with van der Waals surface area (Å²) in [4.78, 5) is 35.2. The summed E-state index contributed by atoms with van der Waals surface area (Å²) < 4.78 is 6.43. The topological polar surface area (TPSA) is 116 Å². The standard InChI is InChI=1S/C15H24N4O5/c1-7-8-10(14(21)24-15(3,4)5)16-13(20)12-11(19(22)23)9(2)17-18(12)6/h10H,7-8H2,1-6H3,(H,16,20). The molecule has 1 unspecified atom stereocenters. The number of hydrogen-bond acceptors (Lipinski definition) is 6. The molecule has 24 heavy (non-hydrogen) atoms. The van der Waals surface area contributed by atoms with Crippen molar-refractivity contribution >= 4 is 17.6 Å². The molecule has 0 aliphatic heterocycles. The number of nitro groups is 1. The van der Waals surface area contributed by atoms with Gasteiger partial charge in [-0.15, -0.1) is 0 Å². The van der Waals surface area contributed by atoms with Gasteiger partial charge >= 0.3 is 11.7 Å². The highest BCUT2D eigenvalue weighted by Crippen LogP contribution is 2.22. The van der Waals surface area contributed by atoms with E-state index in [1.807, 2.05) is 6.92 Å². The molecule has 0 saturated carbocycles. The molecule has 1 amide bonds. The molecule has 1 heterocycles. The number of hydrogen-bond donors (Lipinski definition) is 1. The lowest BCUT2D eigenvalue weighted by Crippen LogP contribution is -2.44. The molecule has 9 nitrogen and oxygen atoms in total. The SMILES string of the molecule is CCCC(NC(=O)c1c([N+](=O)[O-])c(C)nn1C)C(=O)OC(C)(C)C. The largest absolute Gasteiger partial charge is 0.458 e. The summed E-state index contributed by atoms with van der Waals surface area (Å²) in [5, 5.41) is 17.6. The maximum Gasteiger partial charge on any atom is 0.329 e. The van der Waals surface area contributed by atoms with E-state index in [1.54, 1.807) is 20.8 Å². The van der Waals surface area contributed by atoms with Crippen LogP contribution < -0.4 is 5.32 Å². The first-order valence-corrected chi connectivity index (χ1v) is 7.69. The van der Waals surface area contributed by atoms with Crippen LogP contribution in [0.3, 0.4) is 0 Å². The number of aryl methyl sites for hydroxylation is 2. The maximum atomic E-state index is 12.5. The highest BCUT2D eigenvalue weighted by molar-refractivity contribution is 5.99. The number of ether oxygens (including phenoxy) is 1. The lowest BCUT2D eigenvalue weighted by atomic mass is 10.1. The van der Waals surface area contributed by atoms with Crippen LogP contribution in [-0.2, 0) is 16.6 Å². The van der Waals surface area contributed by atoms with Gasteiger partial charge in [0.15, 0.2) is 0 Å². The predicted molar refractivity (Wildman–Crippen MR) is 86.6 cm³/mol. The second kappa shape index (κ2) is 7.41. The minimum Gasteiger partial charge on any atom is -0.458 e. The normalized spacial score (nSPS) is 12.6. The zero-order chi connectivity index (χ0) is 18.7. The van der Waals surface area contributed by atoms with Crippen molar-refractivity contribution in [3.63, 3.8) is 0 Å². The van der Waals surface area contributed by atoms with E-state index >= 15 is 0 Å². The highest BCUT2D eigenvalue weighted by atomic mass is 16.6. The van der Waals surface area contributed by atoms with E-state index in [0.717, 1.165) is 4.68 Å². The molecule has 0 aliphatic carbocycles. The van der Waals surface area contributed by atoms with Crippen LogP contribution in [0.15, 0.2) is 0 Å². The lowest BCUT2D eigenvalue weighted by Gasteiger charge is -2.24. The van der Waals surface area contributed by atoms with Crippen molar-refractivity contribution < 1.29 is 19.2 Å². The van der Waals surface area contributed by atoms with Crippen LogP contribution in [0.2, 0.25) is 0 Å². The molecule has 1 N–H and O–H groups in total. The lowest BCUT2D eigenvalue weighted by molar-refractivity contribution is -0.385. The van der Waals surface area contributed by atoms with Crippen molar-refractivity contribution in [3.05, 3.63) is 21.5 Å². The van der Waals surface area contributed by atoms with Gasteiger partial charge in [0.2, 0.25) is 5.69 Å². The molecule has 1 atom stereocenters. The summed E-state index contributed by atoms with van der Waals surface area (Å²) in [5.74, 6) is -1.30. The third-order valence-corrected chi connectivity index (χ3v) is 3.16. The zero-order valence-electron chi connectivity index (χ0n) is 14.9. The van der Waals surface area contributed by atoms with Gasteiger partial charge in [-0.05, 0) is 34.1 Å². The quantitative estimate of drug-likeness (QED) is 0.480. The van der Waals surface area contributed by atoms with E-state index in [-0.39, 0.29) is 17.1 Å². The summed E-state index contributed by atoms with van der Waals surface area (Å²) in [6.07, 6.45) is 1.00. The van der Waals surface area contributed by atoms with E-state index in [4.69, 9.17) is 4.74 Å². The second-order valence-electron chi connectivity index (χ2n) is 6.51. The molecule has 9 heteroatoms. The van der Waals surface area contributed by atoms with Crippen LogP contribution in [0.1, 0.15) is 56.7 Å². The van der Waals surface area contributed by atoms with Crippen LogP contribution in [0.4, 0.5) is 5.69 Å². The number of carbonyl (C=O) groups excluding carboxylic acids is 2.